The minimum Gasteiger partial charge on any atom is -0.444 e. The van der Waals surface area contributed by atoms with Crippen molar-refractivity contribution in [1.82, 2.24) is 5.32 Å². The van der Waals surface area contributed by atoms with Crippen molar-refractivity contribution < 1.29 is 23.2 Å². The first kappa shape index (κ1) is 18.9. The van der Waals surface area contributed by atoms with E-state index in [2.05, 4.69) is 5.32 Å². The average Bonchev–Trinajstić information content (AvgIpc) is 2.44. The number of rotatable bonds is 3. The van der Waals surface area contributed by atoms with Gasteiger partial charge in [0.2, 0.25) is 11.6 Å². The first-order valence-electron chi connectivity index (χ1n) is 7.95. The van der Waals surface area contributed by atoms with Gasteiger partial charge in [-0.3, -0.25) is 10.1 Å². The van der Waals surface area contributed by atoms with E-state index in [0.29, 0.717) is 25.9 Å². The Morgan fingerprint density at radius 2 is 1.80 bits per heavy atom. The molecule has 1 saturated heterocycles. The fourth-order valence-electron chi connectivity index (χ4n) is 2.67. The fraction of sp³-hybridized carbons (Fsp3) is 0.562. The Morgan fingerprint density at radius 3 is 2.24 bits per heavy atom. The van der Waals surface area contributed by atoms with E-state index in [1.54, 1.807) is 25.7 Å². The molecule has 0 spiro atoms. The smallest absolute Gasteiger partial charge is 0.407 e. The summed E-state index contributed by atoms with van der Waals surface area (Å²) in [4.78, 5) is 23.0. The number of nitrogens with zero attached hydrogens (tertiary/aromatic N) is 2. The Kier molecular flexibility index (Phi) is 5.44. The van der Waals surface area contributed by atoms with Crippen LogP contribution in [0.25, 0.3) is 0 Å². The van der Waals surface area contributed by atoms with Gasteiger partial charge in [0.15, 0.2) is 0 Å². The van der Waals surface area contributed by atoms with Crippen molar-refractivity contribution in [2.75, 3.05) is 18.0 Å². The molecule has 1 N–H and O–H groups in total. The van der Waals surface area contributed by atoms with E-state index in [0.717, 1.165) is 12.1 Å². The van der Waals surface area contributed by atoms with Gasteiger partial charge in [0.05, 0.1) is 4.92 Å². The number of nitrogens with one attached hydrogen (secondary N) is 1. The Labute approximate surface area is 144 Å². The van der Waals surface area contributed by atoms with Crippen LogP contribution < -0.4 is 10.2 Å². The average molecular weight is 357 g/mol. The van der Waals surface area contributed by atoms with Crippen molar-refractivity contribution >= 4 is 17.5 Å². The summed E-state index contributed by atoms with van der Waals surface area (Å²) in [5, 5.41) is 13.4. The molecule has 25 heavy (non-hydrogen) atoms. The van der Waals surface area contributed by atoms with Crippen LogP contribution in [0.2, 0.25) is 0 Å². The largest absolute Gasteiger partial charge is 0.444 e. The molecule has 0 aromatic heterocycles. The number of hydrogen-bond donors (Lipinski definition) is 1. The molecule has 7 nitrogen and oxygen atoms in total. The molecule has 0 bridgehead atoms. The molecule has 1 fully saturated rings. The van der Waals surface area contributed by atoms with Gasteiger partial charge in [0, 0.05) is 37.0 Å². The third-order valence-corrected chi connectivity index (χ3v) is 3.77. The maximum atomic E-state index is 13.7. The number of amides is 1. The highest BCUT2D eigenvalue weighted by Crippen LogP contribution is 2.29. The monoisotopic (exact) mass is 357 g/mol. The molecule has 0 aliphatic carbocycles. The fourth-order valence-corrected chi connectivity index (χ4v) is 2.67. The maximum absolute atomic E-state index is 13.7. The first-order valence-corrected chi connectivity index (χ1v) is 7.95. The van der Waals surface area contributed by atoms with Crippen LogP contribution in [0.15, 0.2) is 12.1 Å². The summed E-state index contributed by atoms with van der Waals surface area (Å²) < 4.78 is 32.7. The molecular weight excluding hydrogens is 336 g/mol. The predicted molar refractivity (Wildman–Crippen MR) is 87.6 cm³/mol. The number of anilines is 1. The van der Waals surface area contributed by atoms with Gasteiger partial charge in [-0.15, -0.1) is 0 Å². The highest BCUT2D eigenvalue weighted by Gasteiger charge is 2.27. The zero-order valence-electron chi connectivity index (χ0n) is 14.3. The number of halogens is 2. The third-order valence-electron chi connectivity index (χ3n) is 3.77. The van der Waals surface area contributed by atoms with Crippen molar-refractivity contribution in [3.8, 4) is 0 Å². The summed E-state index contributed by atoms with van der Waals surface area (Å²) in [6.07, 6.45) is 0.636. The number of carbonyl (C=O) groups excluding carboxylic acids is 1. The maximum Gasteiger partial charge on any atom is 0.407 e. The summed E-state index contributed by atoms with van der Waals surface area (Å²) in [5.41, 5.74) is -1.49. The van der Waals surface area contributed by atoms with Crippen LogP contribution in [0, 0.1) is 21.7 Å². The molecule has 1 aromatic rings. The van der Waals surface area contributed by atoms with Gasteiger partial charge in [-0.25, -0.2) is 4.79 Å². The van der Waals surface area contributed by atoms with Crippen LogP contribution >= 0.6 is 0 Å². The van der Waals surface area contributed by atoms with Gasteiger partial charge in [-0.05, 0) is 33.6 Å². The Morgan fingerprint density at radius 1 is 1.28 bits per heavy atom. The number of carbonyl (C=O) groups is 1. The number of hydrogen-bond acceptors (Lipinski definition) is 5. The number of piperidine rings is 1. The van der Waals surface area contributed by atoms with E-state index in [9.17, 15) is 23.7 Å². The molecule has 1 heterocycles. The number of benzene rings is 1. The standard InChI is InChI=1S/C16H21F2N3O4/c1-16(2,3)25-15(22)19-10-4-6-20(7-5-10)11-8-12(17)14(21(23)24)13(18)9-11/h8-10H,4-7H2,1-3H3,(H,19,22). The van der Waals surface area contributed by atoms with Crippen molar-refractivity contribution in [1.29, 1.82) is 0 Å². The highest BCUT2D eigenvalue weighted by molar-refractivity contribution is 5.68. The van der Waals surface area contributed by atoms with Crippen LogP contribution in [0.5, 0.6) is 0 Å². The number of nitro groups is 1. The highest BCUT2D eigenvalue weighted by atomic mass is 19.1. The van der Waals surface area contributed by atoms with Crippen LogP contribution in [0.3, 0.4) is 0 Å². The normalized spacial score (nSPS) is 15.8. The molecule has 1 amide bonds. The molecule has 0 radical (unpaired) electrons. The summed E-state index contributed by atoms with van der Waals surface area (Å²) >= 11 is 0. The van der Waals surface area contributed by atoms with Crippen LogP contribution in [0.4, 0.5) is 25.0 Å². The lowest BCUT2D eigenvalue weighted by molar-refractivity contribution is -0.390. The SMILES string of the molecule is CC(C)(C)OC(=O)NC1CCN(c2cc(F)c([N+](=O)[O-])c(F)c2)CC1. The summed E-state index contributed by atoms with van der Waals surface area (Å²) in [5.74, 6) is -2.40. The molecule has 0 saturated carbocycles. The topological polar surface area (TPSA) is 84.7 Å². The van der Waals surface area contributed by atoms with Gasteiger partial charge in [-0.1, -0.05) is 0 Å². The van der Waals surface area contributed by atoms with Gasteiger partial charge in [0.1, 0.15) is 5.60 Å². The van der Waals surface area contributed by atoms with E-state index in [-0.39, 0.29) is 11.7 Å². The van der Waals surface area contributed by atoms with Crippen molar-refractivity contribution in [2.24, 2.45) is 0 Å². The van der Waals surface area contributed by atoms with Crippen molar-refractivity contribution in [3.63, 3.8) is 0 Å². The molecule has 1 aliphatic heterocycles. The second-order valence-electron chi connectivity index (χ2n) is 6.92. The number of alkyl carbamates (subject to hydrolysis) is 1. The van der Waals surface area contributed by atoms with Crippen molar-refractivity contribution in [2.45, 2.75) is 45.3 Å². The lowest BCUT2D eigenvalue weighted by atomic mass is 10.0. The molecule has 138 valence electrons. The minimum atomic E-state index is -1.20. The van der Waals surface area contributed by atoms with Gasteiger partial charge >= 0.3 is 11.8 Å². The Bertz CT molecular complexity index is 645. The zero-order valence-corrected chi connectivity index (χ0v) is 14.3. The lowest BCUT2D eigenvalue weighted by Crippen LogP contribution is -2.46. The number of nitro benzene ring substituents is 1. The summed E-state index contributed by atoms with van der Waals surface area (Å²) in [6.45, 7) is 6.22. The second-order valence-corrected chi connectivity index (χ2v) is 6.92. The van der Waals surface area contributed by atoms with Gasteiger partial charge in [0.25, 0.3) is 0 Å². The molecule has 1 aliphatic rings. The molecule has 9 heteroatoms. The van der Waals surface area contributed by atoms with Crippen LogP contribution in [-0.2, 0) is 4.74 Å². The van der Waals surface area contributed by atoms with Crippen LogP contribution in [0.1, 0.15) is 33.6 Å². The molecule has 2 rings (SSSR count). The predicted octanol–water partition coefficient (Wildman–Crippen LogP) is 3.37. The number of ether oxygens (including phenoxy) is 1. The van der Waals surface area contributed by atoms with Crippen LogP contribution in [-0.4, -0.2) is 35.7 Å². The lowest BCUT2D eigenvalue weighted by Gasteiger charge is -2.34. The quantitative estimate of drug-likeness (QED) is 0.662. The molecule has 0 unspecified atom stereocenters. The van der Waals surface area contributed by atoms with E-state index < -0.39 is 33.9 Å². The van der Waals surface area contributed by atoms with E-state index in [1.807, 2.05) is 0 Å². The summed E-state index contributed by atoms with van der Waals surface area (Å²) in [7, 11) is 0. The molecular formula is C16H21F2N3O4. The van der Waals surface area contributed by atoms with E-state index in [4.69, 9.17) is 4.74 Å². The zero-order chi connectivity index (χ0) is 18.8. The van der Waals surface area contributed by atoms with Gasteiger partial charge in [-0.2, -0.15) is 8.78 Å². The molecule has 1 aromatic carbocycles. The van der Waals surface area contributed by atoms with Gasteiger partial charge < -0.3 is 15.0 Å². The third kappa shape index (κ3) is 5.01. The first-order chi connectivity index (χ1) is 11.6. The second kappa shape index (κ2) is 7.20. The molecule has 0 atom stereocenters. The van der Waals surface area contributed by atoms with E-state index in [1.165, 1.54) is 0 Å². The Balaban J connectivity index is 1.96. The Hall–Kier alpha value is -2.45. The summed E-state index contributed by atoms with van der Waals surface area (Å²) in [6, 6.07) is 1.82. The van der Waals surface area contributed by atoms with Crippen molar-refractivity contribution in [3.05, 3.63) is 33.9 Å². The van der Waals surface area contributed by atoms with E-state index >= 15 is 0 Å². The minimum absolute atomic E-state index is 0.0983.